The third-order valence-electron chi connectivity index (χ3n) is 4.19. The van der Waals surface area contributed by atoms with Crippen molar-refractivity contribution in [1.29, 1.82) is 0 Å². The molecule has 2 N–H and O–H groups in total. The summed E-state index contributed by atoms with van der Waals surface area (Å²) in [5, 5.41) is 0. The van der Waals surface area contributed by atoms with E-state index < -0.39 is 9.84 Å². The fourth-order valence-corrected chi connectivity index (χ4v) is 5.15. The maximum Gasteiger partial charge on any atom is 0.150 e. The molecule has 1 aliphatic rings. The summed E-state index contributed by atoms with van der Waals surface area (Å²) in [6.07, 6.45) is 2.98. The standard InChI is InChI=1S/C14H22N2O3S/c1-10-7-16-12(11(2)13(10)19-3)6-14(8-15)4-5-20(17,18)9-14/h7H,4-6,8-9,15H2,1-3H3. The second kappa shape index (κ2) is 5.33. The first-order chi connectivity index (χ1) is 9.32. The SMILES string of the molecule is COc1c(C)cnc(CC2(CN)CCS(=O)(=O)C2)c1C. The minimum Gasteiger partial charge on any atom is -0.496 e. The van der Waals surface area contributed by atoms with Gasteiger partial charge in [-0.1, -0.05) is 0 Å². The maximum atomic E-state index is 11.8. The molecule has 0 spiro atoms. The molecule has 1 saturated heterocycles. The molecule has 1 aromatic heterocycles. The van der Waals surface area contributed by atoms with Crippen molar-refractivity contribution >= 4 is 9.84 Å². The van der Waals surface area contributed by atoms with Gasteiger partial charge in [0.1, 0.15) is 5.75 Å². The Balaban J connectivity index is 2.34. The van der Waals surface area contributed by atoms with Gasteiger partial charge in [-0.15, -0.1) is 0 Å². The highest BCUT2D eigenvalue weighted by Gasteiger charge is 2.41. The Morgan fingerprint density at radius 3 is 2.65 bits per heavy atom. The largest absolute Gasteiger partial charge is 0.496 e. The van der Waals surface area contributed by atoms with Crippen LogP contribution in [0.1, 0.15) is 23.2 Å². The molecular weight excluding hydrogens is 276 g/mol. The van der Waals surface area contributed by atoms with Crippen molar-refractivity contribution in [2.45, 2.75) is 26.7 Å². The molecule has 6 heteroatoms. The van der Waals surface area contributed by atoms with Gasteiger partial charge in [-0.25, -0.2) is 8.42 Å². The number of hydrogen-bond donors (Lipinski definition) is 1. The minimum absolute atomic E-state index is 0.161. The number of rotatable bonds is 4. The first-order valence-electron chi connectivity index (χ1n) is 6.72. The molecule has 1 atom stereocenters. The highest BCUT2D eigenvalue weighted by atomic mass is 32.2. The average molecular weight is 298 g/mol. The van der Waals surface area contributed by atoms with Crippen LogP contribution in [0.5, 0.6) is 5.75 Å². The Kier molecular flexibility index (Phi) is 4.07. The van der Waals surface area contributed by atoms with Gasteiger partial charge in [-0.3, -0.25) is 4.98 Å². The van der Waals surface area contributed by atoms with Crippen molar-refractivity contribution in [3.8, 4) is 5.75 Å². The van der Waals surface area contributed by atoms with E-state index >= 15 is 0 Å². The molecule has 112 valence electrons. The van der Waals surface area contributed by atoms with Crippen molar-refractivity contribution in [2.24, 2.45) is 11.1 Å². The van der Waals surface area contributed by atoms with Gasteiger partial charge in [0.05, 0.1) is 18.6 Å². The first-order valence-corrected chi connectivity index (χ1v) is 8.54. The lowest BCUT2D eigenvalue weighted by atomic mass is 9.82. The minimum atomic E-state index is -2.96. The number of hydrogen-bond acceptors (Lipinski definition) is 5. The van der Waals surface area contributed by atoms with Crippen molar-refractivity contribution < 1.29 is 13.2 Å². The van der Waals surface area contributed by atoms with Crippen LogP contribution in [0, 0.1) is 19.3 Å². The number of sulfone groups is 1. The predicted molar refractivity (Wildman–Crippen MR) is 78.7 cm³/mol. The molecule has 0 radical (unpaired) electrons. The lowest BCUT2D eigenvalue weighted by Gasteiger charge is -2.26. The maximum absolute atomic E-state index is 11.8. The molecule has 0 amide bonds. The van der Waals surface area contributed by atoms with E-state index in [2.05, 4.69) is 4.98 Å². The lowest BCUT2D eigenvalue weighted by Crippen LogP contribution is -2.34. The van der Waals surface area contributed by atoms with Crippen LogP contribution in [0.4, 0.5) is 0 Å². The van der Waals surface area contributed by atoms with Gasteiger partial charge < -0.3 is 10.5 Å². The number of aromatic nitrogens is 1. The molecule has 0 aromatic carbocycles. The molecule has 2 heterocycles. The van der Waals surface area contributed by atoms with Crippen LogP contribution in [0.15, 0.2) is 6.20 Å². The van der Waals surface area contributed by atoms with E-state index in [-0.39, 0.29) is 16.9 Å². The van der Waals surface area contributed by atoms with Gasteiger partial charge in [0.25, 0.3) is 0 Å². The molecule has 2 rings (SSSR count). The zero-order valence-corrected chi connectivity index (χ0v) is 13.1. The Morgan fingerprint density at radius 2 is 2.15 bits per heavy atom. The third-order valence-corrected chi connectivity index (χ3v) is 6.07. The first kappa shape index (κ1) is 15.3. The summed E-state index contributed by atoms with van der Waals surface area (Å²) in [6.45, 7) is 4.27. The Hall–Kier alpha value is -1.14. The van der Waals surface area contributed by atoms with Crippen molar-refractivity contribution in [2.75, 3.05) is 25.2 Å². The van der Waals surface area contributed by atoms with Gasteiger partial charge in [0, 0.05) is 28.4 Å². The number of nitrogens with zero attached hydrogens (tertiary/aromatic N) is 1. The lowest BCUT2D eigenvalue weighted by molar-refractivity contribution is 0.338. The van der Waals surface area contributed by atoms with Crippen LogP contribution < -0.4 is 10.5 Å². The second-order valence-electron chi connectivity index (χ2n) is 5.77. The second-order valence-corrected chi connectivity index (χ2v) is 7.95. The quantitative estimate of drug-likeness (QED) is 0.897. The van der Waals surface area contributed by atoms with Gasteiger partial charge >= 0.3 is 0 Å². The monoisotopic (exact) mass is 298 g/mol. The predicted octanol–water partition coefficient (Wildman–Crippen LogP) is 1.01. The van der Waals surface area contributed by atoms with Crippen LogP contribution >= 0.6 is 0 Å². The Labute approximate surface area is 120 Å². The molecule has 1 fully saturated rings. The molecule has 1 aliphatic heterocycles. The summed E-state index contributed by atoms with van der Waals surface area (Å²) in [5.41, 5.74) is 8.33. The summed E-state index contributed by atoms with van der Waals surface area (Å²) in [4.78, 5) is 4.46. The van der Waals surface area contributed by atoms with E-state index in [1.165, 1.54) is 0 Å². The molecule has 0 saturated carbocycles. The summed E-state index contributed by atoms with van der Waals surface area (Å²) in [5.74, 6) is 1.21. The Bertz CT molecular complexity index is 613. The average Bonchev–Trinajstić information content (AvgIpc) is 2.70. The number of pyridine rings is 1. The van der Waals surface area contributed by atoms with Crippen LogP contribution in [0.25, 0.3) is 0 Å². The van der Waals surface area contributed by atoms with Crippen molar-refractivity contribution in [3.05, 3.63) is 23.0 Å². The van der Waals surface area contributed by atoms with E-state index in [1.54, 1.807) is 13.3 Å². The molecule has 0 bridgehead atoms. The molecule has 1 aromatic rings. The molecular formula is C14H22N2O3S. The topological polar surface area (TPSA) is 82.3 Å². The smallest absolute Gasteiger partial charge is 0.150 e. The highest BCUT2D eigenvalue weighted by Crippen LogP contribution is 2.36. The summed E-state index contributed by atoms with van der Waals surface area (Å²) in [6, 6.07) is 0. The fraction of sp³-hybridized carbons (Fsp3) is 0.643. The van der Waals surface area contributed by atoms with Crippen LogP contribution in [-0.4, -0.2) is 38.6 Å². The Morgan fingerprint density at radius 1 is 1.45 bits per heavy atom. The van der Waals surface area contributed by atoms with E-state index in [0.717, 1.165) is 22.6 Å². The summed E-state index contributed by atoms with van der Waals surface area (Å²) >= 11 is 0. The zero-order chi connectivity index (χ0) is 15.0. The van der Waals surface area contributed by atoms with E-state index in [1.807, 2.05) is 13.8 Å². The molecule has 5 nitrogen and oxygen atoms in total. The van der Waals surface area contributed by atoms with Crippen molar-refractivity contribution in [3.63, 3.8) is 0 Å². The number of aryl methyl sites for hydroxylation is 1. The zero-order valence-electron chi connectivity index (χ0n) is 12.3. The normalized spacial score (nSPS) is 24.8. The van der Waals surface area contributed by atoms with Gasteiger partial charge in [0.15, 0.2) is 9.84 Å². The number of ether oxygens (including phenoxy) is 1. The number of methoxy groups -OCH3 is 1. The van der Waals surface area contributed by atoms with Crippen LogP contribution in [0.2, 0.25) is 0 Å². The highest BCUT2D eigenvalue weighted by molar-refractivity contribution is 7.91. The van der Waals surface area contributed by atoms with E-state index in [9.17, 15) is 8.42 Å². The fourth-order valence-electron chi connectivity index (χ4n) is 2.96. The molecule has 0 aliphatic carbocycles. The van der Waals surface area contributed by atoms with Gasteiger partial charge in [-0.2, -0.15) is 0 Å². The third kappa shape index (κ3) is 2.81. The summed E-state index contributed by atoms with van der Waals surface area (Å²) in [7, 11) is -1.33. The van der Waals surface area contributed by atoms with Crippen LogP contribution in [0.3, 0.4) is 0 Å². The van der Waals surface area contributed by atoms with Gasteiger partial charge in [-0.05, 0) is 33.2 Å². The molecule has 20 heavy (non-hydrogen) atoms. The summed E-state index contributed by atoms with van der Waals surface area (Å²) < 4.78 is 28.9. The molecule has 1 unspecified atom stereocenters. The van der Waals surface area contributed by atoms with E-state index in [0.29, 0.717) is 19.4 Å². The van der Waals surface area contributed by atoms with Gasteiger partial charge in [0.2, 0.25) is 0 Å². The van der Waals surface area contributed by atoms with E-state index in [4.69, 9.17) is 10.5 Å². The number of nitrogens with two attached hydrogens (primary N) is 1. The van der Waals surface area contributed by atoms with Crippen LogP contribution in [-0.2, 0) is 16.3 Å². The van der Waals surface area contributed by atoms with Crippen molar-refractivity contribution in [1.82, 2.24) is 4.98 Å².